The number of carboxylic acids is 1. The van der Waals surface area contributed by atoms with Crippen molar-refractivity contribution in [3.8, 4) is 0 Å². The van der Waals surface area contributed by atoms with Crippen molar-refractivity contribution in [3.63, 3.8) is 0 Å². The first-order valence-electron chi connectivity index (χ1n) is 7.22. The molecule has 0 spiro atoms. The SMILES string of the molecule is CC1(C)CC1n1c(C2CC2)nc2ccc(C(=O)O)cc21. The van der Waals surface area contributed by atoms with Crippen molar-refractivity contribution >= 4 is 17.0 Å². The summed E-state index contributed by atoms with van der Waals surface area (Å²) in [5.41, 5.74) is 2.57. The molecule has 1 aromatic carbocycles. The topological polar surface area (TPSA) is 55.1 Å². The first-order valence-corrected chi connectivity index (χ1v) is 7.22. The molecule has 1 N–H and O–H groups in total. The average Bonchev–Trinajstić information content (AvgIpc) is 3.28. The zero-order valence-corrected chi connectivity index (χ0v) is 11.8. The van der Waals surface area contributed by atoms with E-state index >= 15 is 0 Å². The Bertz CT molecular complexity index is 725. The van der Waals surface area contributed by atoms with Gasteiger partial charge in [0.25, 0.3) is 0 Å². The van der Waals surface area contributed by atoms with Gasteiger partial charge in [-0.2, -0.15) is 0 Å². The van der Waals surface area contributed by atoms with Crippen molar-refractivity contribution in [2.45, 2.75) is 45.1 Å². The Morgan fingerprint density at radius 1 is 1.40 bits per heavy atom. The third-order valence-electron chi connectivity index (χ3n) is 4.68. The van der Waals surface area contributed by atoms with Crippen molar-refractivity contribution in [1.82, 2.24) is 9.55 Å². The van der Waals surface area contributed by atoms with Crippen LogP contribution in [0.2, 0.25) is 0 Å². The molecule has 2 fully saturated rings. The van der Waals surface area contributed by atoms with Crippen LogP contribution in [-0.2, 0) is 0 Å². The molecule has 4 nitrogen and oxygen atoms in total. The second-order valence-electron chi connectivity index (χ2n) is 6.83. The number of aromatic carboxylic acids is 1. The molecule has 1 unspecified atom stereocenters. The Balaban J connectivity index is 1.94. The standard InChI is InChI=1S/C16H18N2O2/c1-16(2)8-13(16)18-12-7-10(15(19)20)5-6-11(12)17-14(18)9-3-4-9/h5-7,9,13H,3-4,8H2,1-2H3,(H,19,20). The summed E-state index contributed by atoms with van der Waals surface area (Å²) < 4.78 is 2.32. The van der Waals surface area contributed by atoms with Crippen LogP contribution in [0.3, 0.4) is 0 Å². The summed E-state index contributed by atoms with van der Waals surface area (Å²) in [5, 5.41) is 9.19. The lowest BCUT2D eigenvalue weighted by atomic mass is 10.1. The Morgan fingerprint density at radius 3 is 2.65 bits per heavy atom. The van der Waals surface area contributed by atoms with Crippen LogP contribution in [0.4, 0.5) is 0 Å². The van der Waals surface area contributed by atoms with Gasteiger partial charge in [-0.1, -0.05) is 13.8 Å². The fourth-order valence-electron chi connectivity index (χ4n) is 3.08. The molecule has 0 bridgehead atoms. The molecule has 1 atom stereocenters. The number of imidazole rings is 1. The van der Waals surface area contributed by atoms with Crippen LogP contribution >= 0.6 is 0 Å². The van der Waals surface area contributed by atoms with Gasteiger partial charge in [0, 0.05) is 12.0 Å². The van der Waals surface area contributed by atoms with Gasteiger partial charge in [0.1, 0.15) is 5.82 Å². The highest BCUT2D eigenvalue weighted by Gasteiger charge is 2.49. The number of benzene rings is 1. The maximum absolute atomic E-state index is 11.2. The molecule has 2 aliphatic carbocycles. The van der Waals surface area contributed by atoms with Gasteiger partial charge in [-0.05, 0) is 42.9 Å². The average molecular weight is 270 g/mol. The van der Waals surface area contributed by atoms with E-state index in [4.69, 9.17) is 4.98 Å². The molecular weight excluding hydrogens is 252 g/mol. The van der Waals surface area contributed by atoms with E-state index in [1.807, 2.05) is 6.07 Å². The van der Waals surface area contributed by atoms with Crippen molar-refractivity contribution in [3.05, 3.63) is 29.6 Å². The maximum atomic E-state index is 11.2. The van der Waals surface area contributed by atoms with Crippen LogP contribution in [0.25, 0.3) is 11.0 Å². The fraction of sp³-hybridized carbons (Fsp3) is 0.500. The molecule has 0 amide bonds. The van der Waals surface area contributed by atoms with Gasteiger partial charge in [-0.25, -0.2) is 9.78 Å². The lowest BCUT2D eigenvalue weighted by Gasteiger charge is -2.11. The van der Waals surface area contributed by atoms with E-state index in [1.54, 1.807) is 12.1 Å². The highest BCUT2D eigenvalue weighted by Crippen LogP contribution is 2.58. The number of nitrogens with zero attached hydrogens (tertiary/aromatic N) is 2. The van der Waals surface area contributed by atoms with Crippen molar-refractivity contribution < 1.29 is 9.90 Å². The van der Waals surface area contributed by atoms with Gasteiger partial charge in [0.05, 0.1) is 16.6 Å². The number of carbonyl (C=O) groups is 1. The summed E-state index contributed by atoms with van der Waals surface area (Å²) in [5.74, 6) is 0.868. The van der Waals surface area contributed by atoms with E-state index in [9.17, 15) is 9.90 Å². The lowest BCUT2D eigenvalue weighted by molar-refractivity contribution is 0.0697. The number of hydrogen-bond donors (Lipinski definition) is 1. The van der Waals surface area contributed by atoms with Gasteiger partial charge < -0.3 is 9.67 Å². The van der Waals surface area contributed by atoms with Crippen molar-refractivity contribution in [2.24, 2.45) is 5.41 Å². The largest absolute Gasteiger partial charge is 0.478 e. The maximum Gasteiger partial charge on any atom is 0.335 e. The van der Waals surface area contributed by atoms with E-state index in [2.05, 4.69) is 18.4 Å². The zero-order chi connectivity index (χ0) is 14.1. The summed E-state index contributed by atoms with van der Waals surface area (Å²) >= 11 is 0. The van der Waals surface area contributed by atoms with E-state index in [0.717, 1.165) is 23.3 Å². The summed E-state index contributed by atoms with van der Waals surface area (Å²) in [6.07, 6.45) is 3.57. The van der Waals surface area contributed by atoms with Crippen molar-refractivity contribution in [2.75, 3.05) is 0 Å². The Labute approximate surface area is 117 Å². The number of fused-ring (bicyclic) bond motifs is 1. The number of carboxylic acid groups (broad SMARTS) is 1. The molecule has 2 saturated carbocycles. The second kappa shape index (κ2) is 3.62. The van der Waals surface area contributed by atoms with Gasteiger partial charge in [0.2, 0.25) is 0 Å². The molecule has 20 heavy (non-hydrogen) atoms. The van der Waals surface area contributed by atoms with Crippen molar-refractivity contribution in [1.29, 1.82) is 0 Å². The normalized spacial score (nSPS) is 24.0. The Morgan fingerprint density at radius 2 is 2.10 bits per heavy atom. The molecule has 0 radical (unpaired) electrons. The van der Waals surface area contributed by atoms with E-state index in [1.165, 1.54) is 12.8 Å². The zero-order valence-electron chi connectivity index (χ0n) is 11.8. The Kier molecular flexibility index (Phi) is 2.16. The van der Waals surface area contributed by atoms with Crippen LogP contribution in [0.1, 0.15) is 61.3 Å². The summed E-state index contributed by atoms with van der Waals surface area (Å²) in [6.45, 7) is 4.53. The summed E-state index contributed by atoms with van der Waals surface area (Å²) in [7, 11) is 0. The molecule has 4 rings (SSSR count). The Hall–Kier alpha value is -1.84. The monoisotopic (exact) mass is 270 g/mol. The van der Waals surface area contributed by atoms with Crippen LogP contribution in [0, 0.1) is 5.41 Å². The van der Waals surface area contributed by atoms with E-state index < -0.39 is 5.97 Å². The van der Waals surface area contributed by atoms with Gasteiger partial charge in [-0.15, -0.1) is 0 Å². The van der Waals surface area contributed by atoms with Crippen LogP contribution in [-0.4, -0.2) is 20.6 Å². The number of hydrogen-bond acceptors (Lipinski definition) is 2. The number of rotatable bonds is 3. The fourth-order valence-corrected chi connectivity index (χ4v) is 3.08. The predicted molar refractivity (Wildman–Crippen MR) is 76.1 cm³/mol. The highest BCUT2D eigenvalue weighted by atomic mass is 16.4. The van der Waals surface area contributed by atoms with Crippen LogP contribution < -0.4 is 0 Å². The third-order valence-corrected chi connectivity index (χ3v) is 4.68. The minimum atomic E-state index is -0.873. The minimum absolute atomic E-state index is 0.302. The second-order valence-corrected chi connectivity index (χ2v) is 6.83. The first-order chi connectivity index (χ1) is 9.47. The molecule has 104 valence electrons. The molecular formula is C16H18N2O2. The molecule has 0 aliphatic heterocycles. The first kappa shape index (κ1) is 11.9. The smallest absolute Gasteiger partial charge is 0.335 e. The molecule has 4 heteroatoms. The van der Waals surface area contributed by atoms with Crippen LogP contribution in [0.15, 0.2) is 18.2 Å². The minimum Gasteiger partial charge on any atom is -0.478 e. The third kappa shape index (κ3) is 1.67. The predicted octanol–water partition coefficient (Wildman–Crippen LogP) is 3.58. The van der Waals surface area contributed by atoms with Gasteiger partial charge >= 0.3 is 5.97 Å². The molecule has 1 heterocycles. The molecule has 2 aliphatic rings. The highest BCUT2D eigenvalue weighted by molar-refractivity contribution is 5.92. The summed E-state index contributed by atoms with van der Waals surface area (Å²) in [6, 6.07) is 5.74. The lowest BCUT2D eigenvalue weighted by Crippen LogP contribution is -2.05. The molecule has 1 aromatic heterocycles. The van der Waals surface area contributed by atoms with Crippen LogP contribution in [0.5, 0.6) is 0 Å². The summed E-state index contributed by atoms with van der Waals surface area (Å²) in [4.78, 5) is 16.0. The van der Waals surface area contributed by atoms with E-state index in [0.29, 0.717) is 22.9 Å². The van der Waals surface area contributed by atoms with E-state index in [-0.39, 0.29) is 0 Å². The molecule has 2 aromatic rings. The quantitative estimate of drug-likeness (QED) is 0.927. The molecule has 0 saturated heterocycles. The van der Waals surface area contributed by atoms with Gasteiger partial charge in [0.15, 0.2) is 0 Å². The number of aromatic nitrogens is 2. The van der Waals surface area contributed by atoms with Gasteiger partial charge in [-0.3, -0.25) is 0 Å².